The average molecular weight is 449 g/mol. The van der Waals surface area contributed by atoms with Crippen molar-refractivity contribution in [1.29, 1.82) is 0 Å². The quantitative estimate of drug-likeness (QED) is 0.388. The maximum absolute atomic E-state index is 14.9. The van der Waals surface area contributed by atoms with Gasteiger partial charge in [0.2, 0.25) is 0 Å². The molecule has 1 atom stereocenters. The summed E-state index contributed by atoms with van der Waals surface area (Å²) in [7, 11) is 0. The summed E-state index contributed by atoms with van der Waals surface area (Å²) in [6.07, 6.45) is 3.87. The smallest absolute Gasteiger partial charge is 0.189 e. The fraction of sp³-hybridized carbons (Fsp3) is 0.500. The van der Waals surface area contributed by atoms with Gasteiger partial charge < -0.3 is 14.4 Å². The van der Waals surface area contributed by atoms with E-state index in [0.717, 1.165) is 19.4 Å². The van der Waals surface area contributed by atoms with E-state index in [-0.39, 0.29) is 21.1 Å². The van der Waals surface area contributed by atoms with Crippen molar-refractivity contribution >= 4 is 56.0 Å². The van der Waals surface area contributed by atoms with Crippen LogP contribution in [0.25, 0.3) is 10.9 Å². The van der Waals surface area contributed by atoms with Crippen molar-refractivity contribution in [1.82, 2.24) is 9.97 Å². The van der Waals surface area contributed by atoms with Gasteiger partial charge in [0, 0.05) is 6.61 Å². The zero-order chi connectivity index (χ0) is 17.6. The maximum atomic E-state index is 14.9. The van der Waals surface area contributed by atoms with Crippen LogP contribution in [0.4, 0.5) is 10.2 Å². The average Bonchev–Trinajstić information content (AvgIpc) is 2.85. The van der Waals surface area contributed by atoms with Gasteiger partial charge in [0.15, 0.2) is 16.7 Å². The fourth-order valence-electron chi connectivity index (χ4n) is 3.32. The van der Waals surface area contributed by atoms with Gasteiger partial charge in [-0.15, -0.1) is 0 Å². The first-order chi connectivity index (χ1) is 12.1. The topological polar surface area (TPSA) is 47.5 Å². The van der Waals surface area contributed by atoms with E-state index in [1.165, 1.54) is 11.8 Å². The van der Waals surface area contributed by atoms with Crippen LogP contribution in [0.3, 0.4) is 0 Å². The Labute approximate surface area is 162 Å². The predicted octanol–water partition coefficient (Wildman–Crippen LogP) is 4.28. The van der Waals surface area contributed by atoms with Gasteiger partial charge in [-0.05, 0) is 35.0 Å². The molecule has 3 heterocycles. The van der Waals surface area contributed by atoms with Crippen LogP contribution in [-0.4, -0.2) is 48.6 Å². The molecule has 5 nitrogen and oxygen atoms in total. The second-order valence-electron chi connectivity index (χ2n) is 5.94. The zero-order valence-corrected chi connectivity index (χ0v) is 16.7. The van der Waals surface area contributed by atoms with E-state index in [4.69, 9.17) is 21.1 Å². The number of rotatable bonds is 2. The summed E-state index contributed by atoms with van der Waals surface area (Å²) in [6.45, 7) is 2.48. The fourth-order valence-corrected chi connectivity index (χ4v) is 4.28. The van der Waals surface area contributed by atoms with E-state index < -0.39 is 5.82 Å². The highest BCUT2D eigenvalue weighted by atomic mass is 79.9. The van der Waals surface area contributed by atoms with Crippen molar-refractivity contribution < 1.29 is 13.9 Å². The summed E-state index contributed by atoms with van der Waals surface area (Å²) < 4.78 is 26.6. The van der Waals surface area contributed by atoms with Crippen LogP contribution in [0.2, 0.25) is 5.02 Å². The highest BCUT2D eigenvalue weighted by Crippen LogP contribution is 2.46. The van der Waals surface area contributed by atoms with Gasteiger partial charge in [-0.1, -0.05) is 23.4 Å². The number of halogens is 3. The Morgan fingerprint density at radius 1 is 1.36 bits per heavy atom. The van der Waals surface area contributed by atoms with Crippen LogP contribution in [0.15, 0.2) is 9.63 Å². The summed E-state index contributed by atoms with van der Waals surface area (Å²) in [4.78, 5) is 11.2. The summed E-state index contributed by atoms with van der Waals surface area (Å²) in [6, 6.07) is 0.182. The number of hydrogen-bond acceptors (Lipinski definition) is 6. The standard InChI is InChI=1S/C16H16BrClFN3O2S/c1-25-16-20-13-9-14(11(18)10(17)12(13)19)24-6-4-22(15(9)21-16)8-3-2-5-23-7-8/h8H,2-7H2,1H3. The first-order valence-corrected chi connectivity index (χ1v) is 10.4. The van der Waals surface area contributed by atoms with Crippen LogP contribution in [0.1, 0.15) is 12.8 Å². The molecule has 1 saturated heterocycles. The molecule has 0 aliphatic carbocycles. The minimum Gasteiger partial charge on any atom is -0.489 e. The molecule has 4 rings (SSSR count). The number of thioether (sulfide) groups is 1. The minimum absolute atomic E-state index is 0.169. The first-order valence-electron chi connectivity index (χ1n) is 8.01. The Balaban J connectivity index is 1.99. The Bertz CT molecular complexity index is 835. The summed E-state index contributed by atoms with van der Waals surface area (Å²) in [5.74, 6) is 0.616. The lowest BCUT2D eigenvalue weighted by Crippen LogP contribution is -2.43. The molecule has 0 radical (unpaired) electrons. The lowest BCUT2D eigenvalue weighted by Gasteiger charge is -2.34. The van der Waals surface area contributed by atoms with Gasteiger partial charge in [-0.3, -0.25) is 0 Å². The molecule has 0 spiro atoms. The molecule has 134 valence electrons. The number of hydrogen-bond donors (Lipinski definition) is 0. The molecule has 2 aliphatic rings. The molecule has 1 aromatic heterocycles. The van der Waals surface area contributed by atoms with Crippen LogP contribution >= 0.6 is 39.3 Å². The van der Waals surface area contributed by atoms with Gasteiger partial charge in [-0.2, -0.15) is 0 Å². The van der Waals surface area contributed by atoms with Crippen molar-refractivity contribution in [2.24, 2.45) is 0 Å². The molecule has 0 amide bonds. The normalized spacial score (nSPS) is 20.5. The molecule has 0 bridgehead atoms. The Morgan fingerprint density at radius 3 is 2.92 bits per heavy atom. The zero-order valence-electron chi connectivity index (χ0n) is 13.5. The molecule has 0 saturated carbocycles. The predicted molar refractivity (Wildman–Crippen MR) is 101 cm³/mol. The third-order valence-corrected chi connectivity index (χ3v) is 6.38. The highest BCUT2D eigenvalue weighted by molar-refractivity contribution is 9.10. The van der Waals surface area contributed by atoms with Crippen molar-refractivity contribution in [2.45, 2.75) is 24.0 Å². The van der Waals surface area contributed by atoms with Crippen LogP contribution < -0.4 is 9.64 Å². The number of benzene rings is 1. The maximum Gasteiger partial charge on any atom is 0.189 e. The third kappa shape index (κ3) is 2.97. The highest BCUT2D eigenvalue weighted by Gasteiger charge is 2.32. The Morgan fingerprint density at radius 2 is 2.20 bits per heavy atom. The molecule has 1 unspecified atom stereocenters. The summed E-state index contributed by atoms with van der Waals surface area (Å²) >= 11 is 10.9. The second kappa shape index (κ2) is 7.06. The first kappa shape index (κ1) is 17.6. The van der Waals surface area contributed by atoms with Crippen molar-refractivity contribution in [3.05, 3.63) is 15.3 Å². The van der Waals surface area contributed by atoms with Crippen molar-refractivity contribution in [3.63, 3.8) is 0 Å². The summed E-state index contributed by atoms with van der Waals surface area (Å²) in [5, 5.41) is 1.27. The van der Waals surface area contributed by atoms with Crippen molar-refractivity contribution in [2.75, 3.05) is 37.5 Å². The lowest BCUT2D eigenvalue weighted by molar-refractivity contribution is 0.0784. The van der Waals surface area contributed by atoms with Crippen LogP contribution in [0.5, 0.6) is 5.75 Å². The molecule has 0 N–H and O–H groups in total. The van der Waals surface area contributed by atoms with Crippen LogP contribution in [0, 0.1) is 5.82 Å². The monoisotopic (exact) mass is 447 g/mol. The third-order valence-electron chi connectivity index (χ3n) is 4.50. The Kier molecular flexibility index (Phi) is 4.96. The molecule has 2 aliphatic heterocycles. The summed E-state index contributed by atoms with van der Waals surface area (Å²) in [5.41, 5.74) is 0.226. The molecule has 2 aromatic rings. The van der Waals surface area contributed by atoms with E-state index in [9.17, 15) is 4.39 Å². The molecule has 1 aromatic carbocycles. The van der Waals surface area contributed by atoms with Gasteiger partial charge in [0.25, 0.3) is 0 Å². The molecule has 9 heteroatoms. The largest absolute Gasteiger partial charge is 0.489 e. The van der Waals surface area contributed by atoms with E-state index in [2.05, 4.69) is 30.8 Å². The van der Waals surface area contributed by atoms with E-state index in [1.54, 1.807) is 0 Å². The number of anilines is 1. The molecular formula is C16H16BrClFN3O2S. The van der Waals surface area contributed by atoms with Gasteiger partial charge in [-0.25, -0.2) is 14.4 Å². The minimum atomic E-state index is -0.493. The van der Waals surface area contributed by atoms with Gasteiger partial charge >= 0.3 is 0 Å². The van der Waals surface area contributed by atoms with Crippen LogP contribution in [-0.2, 0) is 4.74 Å². The number of aromatic nitrogens is 2. The van der Waals surface area contributed by atoms with E-state index >= 15 is 0 Å². The molecule has 25 heavy (non-hydrogen) atoms. The van der Waals surface area contributed by atoms with E-state index in [0.29, 0.717) is 41.9 Å². The molecule has 1 fully saturated rings. The lowest BCUT2D eigenvalue weighted by atomic mass is 10.1. The van der Waals surface area contributed by atoms with Crippen molar-refractivity contribution in [3.8, 4) is 5.75 Å². The second-order valence-corrected chi connectivity index (χ2v) is 7.89. The van der Waals surface area contributed by atoms with Gasteiger partial charge in [0.05, 0.1) is 29.1 Å². The van der Waals surface area contributed by atoms with E-state index in [1.807, 2.05) is 6.26 Å². The van der Waals surface area contributed by atoms with Gasteiger partial charge in [0.1, 0.15) is 23.0 Å². The molecular weight excluding hydrogens is 433 g/mol. The SMILES string of the molecule is CSc1nc2c3c(c(Cl)c(Br)c(F)c3n1)OCCN2C1CCCOC1. The number of nitrogens with zero attached hydrogens (tertiary/aromatic N) is 3. The Hall–Kier alpha value is -0.830. The number of ether oxygens (including phenoxy) is 2.